The number of likely N-dealkylation sites (tertiary alicyclic amines) is 2. The van der Waals surface area contributed by atoms with Crippen molar-refractivity contribution < 1.29 is 22.8 Å². The van der Waals surface area contributed by atoms with Crippen LogP contribution in [0.25, 0.3) is 21.8 Å². The molecule has 0 spiro atoms. The van der Waals surface area contributed by atoms with Crippen LogP contribution in [0.3, 0.4) is 0 Å². The second kappa shape index (κ2) is 10.9. The lowest BCUT2D eigenvalue weighted by molar-refractivity contribution is -0.138. The van der Waals surface area contributed by atoms with Gasteiger partial charge in [-0.3, -0.25) is 14.4 Å². The summed E-state index contributed by atoms with van der Waals surface area (Å²) in [5, 5.41) is 4.52. The number of fused-ring (bicyclic) bond motifs is 4. The molecule has 11 heteroatoms. The van der Waals surface area contributed by atoms with E-state index in [1.807, 2.05) is 45.0 Å². The van der Waals surface area contributed by atoms with E-state index in [1.54, 1.807) is 64.4 Å². The first-order valence-electron chi connectivity index (χ1n) is 15.3. The van der Waals surface area contributed by atoms with Crippen molar-refractivity contribution >= 4 is 49.6 Å². The van der Waals surface area contributed by atoms with Crippen LogP contribution in [0.15, 0.2) is 95.9 Å². The Bertz CT molecular complexity index is 2080. The van der Waals surface area contributed by atoms with Crippen molar-refractivity contribution in [3.8, 4) is 0 Å². The molecule has 236 valence electrons. The third kappa shape index (κ3) is 4.95. The van der Waals surface area contributed by atoms with Crippen molar-refractivity contribution in [1.29, 1.82) is 0 Å². The Labute approximate surface area is 267 Å². The van der Waals surface area contributed by atoms with Gasteiger partial charge in [0.1, 0.15) is 17.4 Å². The fraction of sp³-hybridized carbons (Fsp3) is 0.286. The van der Waals surface area contributed by atoms with E-state index in [0.717, 1.165) is 14.9 Å². The van der Waals surface area contributed by atoms with Crippen LogP contribution in [-0.2, 0) is 14.8 Å². The number of carbonyl (C=O) groups excluding carboxylic acids is 3. The monoisotopic (exact) mass is 637 g/mol. The molecule has 0 aliphatic carbocycles. The number of nitrogens with one attached hydrogen (secondary N) is 2. The quantitative estimate of drug-likeness (QED) is 0.281. The van der Waals surface area contributed by atoms with E-state index in [9.17, 15) is 22.8 Å². The van der Waals surface area contributed by atoms with E-state index in [2.05, 4.69) is 10.3 Å². The zero-order chi connectivity index (χ0) is 32.4. The number of nitrogens with zero attached hydrogens (tertiary/aromatic N) is 3. The number of piperazine rings is 1. The van der Waals surface area contributed by atoms with Crippen molar-refractivity contribution in [3.63, 3.8) is 0 Å². The van der Waals surface area contributed by atoms with Crippen LogP contribution in [0, 0.1) is 5.41 Å². The SMILES string of the molecule is CC(C)(C)C(NC(=O)c1cc2ccccc2[nH]1)C(=O)N1CC2CC1CN2C(=O)c1cc2ccccc2n1S(=O)(=O)c1ccccc1. The molecular weight excluding hydrogens is 602 g/mol. The number of hydrogen-bond donors (Lipinski definition) is 2. The molecule has 2 aliphatic rings. The van der Waals surface area contributed by atoms with Crippen LogP contribution in [0.4, 0.5) is 0 Å². The van der Waals surface area contributed by atoms with Crippen molar-refractivity contribution in [2.24, 2.45) is 5.41 Å². The Hall–Kier alpha value is -4.90. The summed E-state index contributed by atoms with van der Waals surface area (Å²) < 4.78 is 28.9. The van der Waals surface area contributed by atoms with Gasteiger partial charge in [-0.25, -0.2) is 12.4 Å². The highest BCUT2D eigenvalue weighted by atomic mass is 32.2. The highest BCUT2D eigenvalue weighted by molar-refractivity contribution is 7.90. The summed E-state index contributed by atoms with van der Waals surface area (Å²) in [6.07, 6.45) is 0.579. The fourth-order valence-corrected chi connectivity index (χ4v) is 8.31. The van der Waals surface area contributed by atoms with Gasteiger partial charge >= 0.3 is 0 Å². The molecule has 3 aromatic carbocycles. The Morgan fingerprint density at radius 3 is 2.13 bits per heavy atom. The number of benzene rings is 3. The van der Waals surface area contributed by atoms with Crippen LogP contribution >= 0.6 is 0 Å². The second-order valence-corrected chi connectivity index (χ2v) is 15.0. The predicted octanol–water partition coefficient (Wildman–Crippen LogP) is 4.63. The molecular formula is C35H35N5O5S. The molecule has 2 fully saturated rings. The summed E-state index contributed by atoms with van der Waals surface area (Å²) >= 11 is 0. The summed E-state index contributed by atoms with van der Waals surface area (Å²) in [4.78, 5) is 48.2. The average Bonchev–Trinajstić information content (AvgIpc) is 3.84. The van der Waals surface area contributed by atoms with Crippen LogP contribution in [0.1, 0.15) is 48.2 Å². The molecule has 3 unspecified atom stereocenters. The van der Waals surface area contributed by atoms with Gasteiger partial charge in [0, 0.05) is 29.4 Å². The summed E-state index contributed by atoms with van der Waals surface area (Å²) in [7, 11) is -4.07. The van der Waals surface area contributed by atoms with Crippen molar-refractivity contribution in [1.82, 2.24) is 24.1 Å². The van der Waals surface area contributed by atoms with Gasteiger partial charge < -0.3 is 20.1 Å². The molecule has 0 saturated carbocycles. The standard InChI is InChI=1S/C35H35N5O5S/c1-35(2,3)31(37-32(41)28-17-22-11-7-9-15-27(22)36-28)34(43)39-21-24-19-25(39)20-38(24)33(42)30-18-23-12-8-10-16-29(23)40(30)46(44,45)26-13-5-4-6-14-26/h4-18,24-25,31,36H,19-21H2,1-3H3,(H,37,41). The average molecular weight is 638 g/mol. The van der Waals surface area contributed by atoms with E-state index < -0.39 is 27.4 Å². The number of carbonyl (C=O) groups is 3. The molecule has 2 aromatic heterocycles. The summed E-state index contributed by atoms with van der Waals surface area (Å²) in [5.74, 6) is -0.954. The van der Waals surface area contributed by atoms with Gasteiger partial charge in [-0.15, -0.1) is 0 Å². The van der Waals surface area contributed by atoms with E-state index in [0.29, 0.717) is 29.6 Å². The summed E-state index contributed by atoms with van der Waals surface area (Å²) in [5.41, 5.74) is 1.12. The lowest BCUT2D eigenvalue weighted by Gasteiger charge is -2.39. The minimum absolute atomic E-state index is 0.0636. The van der Waals surface area contributed by atoms with Gasteiger partial charge in [0.15, 0.2) is 0 Å². The maximum Gasteiger partial charge on any atom is 0.271 e. The summed E-state index contributed by atoms with van der Waals surface area (Å²) in [6.45, 7) is 6.32. The van der Waals surface area contributed by atoms with Gasteiger partial charge in [0.25, 0.3) is 21.8 Å². The summed E-state index contributed by atoms with van der Waals surface area (Å²) in [6, 6.07) is 24.8. The van der Waals surface area contributed by atoms with Gasteiger partial charge in [0.05, 0.1) is 22.5 Å². The smallest absolute Gasteiger partial charge is 0.271 e. The number of H-pyrrole nitrogens is 1. The van der Waals surface area contributed by atoms with E-state index in [-0.39, 0.29) is 41.0 Å². The Balaban J connectivity index is 1.13. The molecule has 2 saturated heterocycles. The molecule has 46 heavy (non-hydrogen) atoms. The second-order valence-electron chi connectivity index (χ2n) is 13.2. The normalized spacial score (nSPS) is 18.8. The first-order chi connectivity index (χ1) is 21.9. The zero-order valence-corrected chi connectivity index (χ0v) is 26.6. The minimum atomic E-state index is -4.07. The molecule has 3 amide bonds. The van der Waals surface area contributed by atoms with Crippen molar-refractivity contribution in [2.75, 3.05) is 13.1 Å². The number of amides is 3. The van der Waals surface area contributed by atoms with Crippen LogP contribution in [0.2, 0.25) is 0 Å². The van der Waals surface area contributed by atoms with Crippen LogP contribution in [-0.4, -0.2) is 76.1 Å². The minimum Gasteiger partial charge on any atom is -0.351 e. The molecule has 2 aliphatic heterocycles. The highest BCUT2D eigenvalue weighted by Crippen LogP contribution is 2.36. The Morgan fingerprint density at radius 1 is 0.826 bits per heavy atom. The van der Waals surface area contributed by atoms with Crippen LogP contribution in [0.5, 0.6) is 0 Å². The fourth-order valence-electron chi connectivity index (χ4n) is 6.79. The molecule has 3 atom stereocenters. The molecule has 10 nitrogen and oxygen atoms in total. The Morgan fingerprint density at radius 2 is 1.46 bits per heavy atom. The molecule has 2 bridgehead atoms. The third-order valence-electron chi connectivity index (χ3n) is 9.11. The van der Waals surface area contributed by atoms with Crippen molar-refractivity contribution in [3.05, 3.63) is 102 Å². The largest absolute Gasteiger partial charge is 0.351 e. The molecule has 5 aromatic rings. The maximum atomic E-state index is 14.1. The number of aromatic nitrogens is 2. The lowest BCUT2D eigenvalue weighted by Crippen LogP contribution is -2.59. The molecule has 4 heterocycles. The first kappa shape index (κ1) is 29.8. The van der Waals surface area contributed by atoms with Gasteiger partial charge in [-0.1, -0.05) is 75.4 Å². The predicted molar refractivity (Wildman–Crippen MR) is 175 cm³/mol. The van der Waals surface area contributed by atoms with E-state index >= 15 is 0 Å². The lowest BCUT2D eigenvalue weighted by atomic mass is 9.85. The van der Waals surface area contributed by atoms with E-state index in [4.69, 9.17) is 0 Å². The number of rotatable bonds is 6. The maximum absolute atomic E-state index is 14.1. The topological polar surface area (TPSA) is 125 Å². The van der Waals surface area contributed by atoms with Gasteiger partial charge in [0.2, 0.25) is 5.91 Å². The zero-order valence-electron chi connectivity index (χ0n) is 25.8. The molecule has 2 N–H and O–H groups in total. The van der Waals surface area contributed by atoms with Gasteiger partial charge in [-0.05, 0) is 48.2 Å². The third-order valence-corrected chi connectivity index (χ3v) is 10.9. The van der Waals surface area contributed by atoms with E-state index in [1.165, 1.54) is 12.1 Å². The number of aromatic amines is 1. The van der Waals surface area contributed by atoms with Crippen LogP contribution < -0.4 is 5.32 Å². The first-order valence-corrected chi connectivity index (χ1v) is 16.8. The highest BCUT2D eigenvalue weighted by Gasteiger charge is 2.50. The number of hydrogen-bond acceptors (Lipinski definition) is 5. The molecule has 7 rings (SSSR count). The number of para-hydroxylation sites is 2. The van der Waals surface area contributed by atoms with Crippen molar-refractivity contribution in [2.45, 2.75) is 50.2 Å². The molecule has 0 radical (unpaired) electrons. The van der Waals surface area contributed by atoms with Gasteiger partial charge in [-0.2, -0.15) is 0 Å². The Kier molecular flexibility index (Phi) is 7.04.